The average molecular weight is 421 g/mol. The summed E-state index contributed by atoms with van der Waals surface area (Å²) in [6, 6.07) is 14.7. The predicted molar refractivity (Wildman–Crippen MR) is 114 cm³/mol. The second-order valence-electron chi connectivity index (χ2n) is 7.10. The van der Waals surface area contributed by atoms with Crippen LogP contribution in [0, 0.1) is 11.3 Å². The molecule has 0 unspecified atom stereocenters. The number of carbonyl (C=O) groups is 1. The van der Waals surface area contributed by atoms with Crippen LogP contribution in [0.3, 0.4) is 0 Å². The second kappa shape index (κ2) is 9.73. The van der Waals surface area contributed by atoms with Crippen molar-refractivity contribution in [2.45, 2.75) is 19.5 Å². The van der Waals surface area contributed by atoms with E-state index < -0.39 is 17.0 Å². The van der Waals surface area contributed by atoms with Crippen molar-refractivity contribution < 1.29 is 9.21 Å². The Hall–Kier alpha value is -3.90. The van der Waals surface area contributed by atoms with Crippen LogP contribution in [-0.2, 0) is 20.1 Å². The van der Waals surface area contributed by atoms with Crippen LogP contribution in [0.1, 0.15) is 28.1 Å². The molecule has 0 aliphatic carbocycles. The van der Waals surface area contributed by atoms with E-state index in [9.17, 15) is 14.4 Å². The molecule has 3 aromatic rings. The number of furan rings is 1. The van der Waals surface area contributed by atoms with Gasteiger partial charge in [0.1, 0.15) is 17.1 Å². The Balaban J connectivity index is 1.94. The number of nitriles is 1. The number of nitrogens with two attached hydrogens (primary N) is 1. The Kier molecular flexibility index (Phi) is 6.85. The molecule has 0 saturated carbocycles. The first-order chi connectivity index (χ1) is 14.9. The van der Waals surface area contributed by atoms with Crippen LogP contribution in [0.5, 0.6) is 0 Å². The van der Waals surface area contributed by atoms with Crippen molar-refractivity contribution >= 4 is 11.6 Å². The van der Waals surface area contributed by atoms with E-state index in [-0.39, 0.29) is 30.9 Å². The molecule has 2 heterocycles. The number of nitrogens with zero attached hydrogens (tertiary/aromatic N) is 4. The van der Waals surface area contributed by atoms with E-state index in [0.717, 1.165) is 10.1 Å². The quantitative estimate of drug-likeness (QED) is 0.517. The molecule has 2 aromatic heterocycles. The molecule has 0 aliphatic rings. The van der Waals surface area contributed by atoms with E-state index in [1.807, 2.05) is 36.4 Å². The number of anilines is 1. The third-order valence-corrected chi connectivity index (χ3v) is 4.91. The fraction of sp³-hybridized carbons (Fsp3) is 0.273. The van der Waals surface area contributed by atoms with Crippen molar-refractivity contribution in [1.29, 1.82) is 5.26 Å². The van der Waals surface area contributed by atoms with E-state index in [1.165, 1.54) is 17.9 Å². The molecule has 9 heteroatoms. The lowest BCUT2D eigenvalue weighted by molar-refractivity contribution is 0.0920. The van der Waals surface area contributed by atoms with Gasteiger partial charge in [0.25, 0.3) is 5.56 Å². The molecule has 0 amide bonds. The Labute approximate surface area is 178 Å². The minimum atomic E-state index is -0.741. The van der Waals surface area contributed by atoms with Crippen molar-refractivity contribution in [1.82, 2.24) is 14.0 Å². The monoisotopic (exact) mass is 421 g/mol. The summed E-state index contributed by atoms with van der Waals surface area (Å²) in [5, 5.41) is 8.93. The standard InChI is InChI=1S/C22H23N5O4/c1-25-21(29)19(20(24)27(22(25)30)13-16-7-3-2-4-8-16)18(28)15-26(11-6-10-23)14-17-9-5-12-31-17/h2-5,7-9,12H,6,11,13-15,24H2,1H3. The van der Waals surface area contributed by atoms with Gasteiger partial charge in [-0.3, -0.25) is 23.6 Å². The van der Waals surface area contributed by atoms with Gasteiger partial charge in [-0.25, -0.2) is 4.79 Å². The zero-order valence-corrected chi connectivity index (χ0v) is 17.2. The molecule has 1 aromatic carbocycles. The van der Waals surface area contributed by atoms with Crippen LogP contribution in [0.4, 0.5) is 5.82 Å². The molecule has 3 rings (SSSR count). The fourth-order valence-corrected chi connectivity index (χ4v) is 3.29. The summed E-state index contributed by atoms with van der Waals surface area (Å²) in [4.78, 5) is 40.2. The van der Waals surface area contributed by atoms with Gasteiger partial charge in [0.05, 0.1) is 32.0 Å². The maximum Gasteiger partial charge on any atom is 0.332 e. The number of nitrogen functional groups attached to an aromatic ring is 1. The van der Waals surface area contributed by atoms with Gasteiger partial charge in [-0.1, -0.05) is 30.3 Å². The Morgan fingerprint density at radius 1 is 1.19 bits per heavy atom. The molecule has 2 N–H and O–H groups in total. The summed E-state index contributed by atoms with van der Waals surface area (Å²) >= 11 is 0. The molecule has 31 heavy (non-hydrogen) atoms. The molecule has 0 atom stereocenters. The lowest BCUT2D eigenvalue weighted by Gasteiger charge is -2.20. The third kappa shape index (κ3) is 4.99. The Bertz CT molecular complexity index is 1200. The number of rotatable bonds is 9. The minimum absolute atomic E-state index is 0.129. The molecule has 0 bridgehead atoms. The Morgan fingerprint density at radius 3 is 2.58 bits per heavy atom. The molecule has 0 radical (unpaired) electrons. The van der Waals surface area contributed by atoms with E-state index in [0.29, 0.717) is 18.8 Å². The average Bonchev–Trinajstić information content (AvgIpc) is 3.27. The highest BCUT2D eigenvalue weighted by Gasteiger charge is 2.23. The Morgan fingerprint density at radius 2 is 1.94 bits per heavy atom. The van der Waals surface area contributed by atoms with Crippen LogP contribution in [-0.4, -0.2) is 32.9 Å². The highest BCUT2D eigenvalue weighted by molar-refractivity contribution is 6.01. The summed E-state index contributed by atoms with van der Waals surface area (Å²) in [5.74, 6) is -0.0646. The lowest BCUT2D eigenvalue weighted by Crippen LogP contribution is -2.44. The van der Waals surface area contributed by atoms with Gasteiger partial charge in [-0.15, -0.1) is 0 Å². The first-order valence-electron chi connectivity index (χ1n) is 9.70. The van der Waals surface area contributed by atoms with Crippen LogP contribution in [0.15, 0.2) is 62.7 Å². The molecule has 0 spiro atoms. The SMILES string of the molecule is Cn1c(=O)c(C(=O)CN(CCC#N)Cc2ccco2)c(N)n(Cc2ccccc2)c1=O. The summed E-state index contributed by atoms with van der Waals surface area (Å²) < 4.78 is 7.43. The van der Waals surface area contributed by atoms with Gasteiger partial charge in [0, 0.05) is 20.0 Å². The van der Waals surface area contributed by atoms with E-state index >= 15 is 0 Å². The number of benzene rings is 1. The summed E-state index contributed by atoms with van der Waals surface area (Å²) in [6.45, 7) is 0.590. The molecule has 160 valence electrons. The summed E-state index contributed by atoms with van der Waals surface area (Å²) in [5.41, 5.74) is 5.39. The van der Waals surface area contributed by atoms with E-state index in [2.05, 4.69) is 0 Å². The number of hydrogen-bond donors (Lipinski definition) is 1. The fourth-order valence-electron chi connectivity index (χ4n) is 3.29. The zero-order chi connectivity index (χ0) is 22.4. The van der Waals surface area contributed by atoms with Crippen LogP contribution in [0.25, 0.3) is 0 Å². The van der Waals surface area contributed by atoms with Crippen molar-refractivity contribution in [2.75, 3.05) is 18.8 Å². The van der Waals surface area contributed by atoms with Crippen molar-refractivity contribution in [3.63, 3.8) is 0 Å². The molecule has 0 fully saturated rings. The van der Waals surface area contributed by atoms with Gasteiger partial charge in [-0.05, 0) is 17.7 Å². The first-order valence-corrected chi connectivity index (χ1v) is 9.70. The maximum absolute atomic E-state index is 13.1. The first kappa shape index (κ1) is 21.8. The van der Waals surface area contributed by atoms with Crippen molar-refractivity contribution in [3.8, 4) is 6.07 Å². The number of hydrogen-bond acceptors (Lipinski definition) is 7. The van der Waals surface area contributed by atoms with Crippen LogP contribution >= 0.6 is 0 Å². The summed E-state index contributed by atoms with van der Waals surface area (Å²) in [6.07, 6.45) is 1.72. The number of ketones is 1. The molecule has 0 saturated heterocycles. The number of carbonyl (C=O) groups excluding carboxylic acids is 1. The minimum Gasteiger partial charge on any atom is -0.468 e. The second-order valence-corrected chi connectivity index (χ2v) is 7.10. The van der Waals surface area contributed by atoms with E-state index in [4.69, 9.17) is 15.4 Å². The number of Topliss-reactive ketones (excluding diaryl/α,β-unsaturated/α-hetero) is 1. The van der Waals surface area contributed by atoms with Gasteiger partial charge in [0.2, 0.25) is 0 Å². The van der Waals surface area contributed by atoms with E-state index in [1.54, 1.807) is 17.0 Å². The normalized spacial score (nSPS) is 10.9. The molecule has 0 aliphatic heterocycles. The van der Waals surface area contributed by atoms with Crippen molar-refractivity contribution in [2.24, 2.45) is 7.05 Å². The third-order valence-electron chi connectivity index (χ3n) is 4.91. The molecular formula is C22H23N5O4. The highest BCUT2D eigenvalue weighted by atomic mass is 16.3. The predicted octanol–water partition coefficient (Wildman–Crippen LogP) is 1.37. The lowest BCUT2D eigenvalue weighted by atomic mass is 10.1. The van der Waals surface area contributed by atoms with Gasteiger partial charge >= 0.3 is 5.69 Å². The maximum atomic E-state index is 13.1. The van der Waals surface area contributed by atoms with Crippen molar-refractivity contribution in [3.05, 3.63) is 86.5 Å². The summed E-state index contributed by atoms with van der Waals surface area (Å²) in [7, 11) is 1.32. The number of aromatic nitrogens is 2. The zero-order valence-electron chi connectivity index (χ0n) is 17.2. The largest absolute Gasteiger partial charge is 0.468 e. The van der Waals surface area contributed by atoms with Crippen LogP contribution in [0.2, 0.25) is 0 Å². The van der Waals surface area contributed by atoms with Gasteiger partial charge in [-0.2, -0.15) is 5.26 Å². The smallest absolute Gasteiger partial charge is 0.332 e. The topological polar surface area (TPSA) is 127 Å². The highest BCUT2D eigenvalue weighted by Crippen LogP contribution is 2.12. The molecular weight excluding hydrogens is 398 g/mol. The van der Waals surface area contributed by atoms with Crippen LogP contribution < -0.4 is 17.0 Å². The molecule has 9 nitrogen and oxygen atoms in total. The van der Waals surface area contributed by atoms with Gasteiger partial charge in [0.15, 0.2) is 5.78 Å². The van der Waals surface area contributed by atoms with Gasteiger partial charge < -0.3 is 10.2 Å².